The van der Waals surface area contributed by atoms with Gasteiger partial charge in [-0.2, -0.15) is 10.5 Å². The minimum atomic E-state index is 1.18. The molecular weight excluding hydrogens is 340 g/mol. The van der Waals surface area contributed by atoms with Crippen molar-refractivity contribution in [2.75, 3.05) is 0 Å². The van der Waals surface area contributed by atoms with Gasteiger partial charge in [0, 0.05) is 12.2 Å². The van der Waals surface area contributed by atoms with Crippen LogP contribution in [-0.2, 0) is 0 Å². The summed E-state index contributed by atoms with van der Waals surface area (Å²) in [4.78, 5) is 0. The summed E-state index contributed by atoms with van der Waals surface area (Å²) in [6.07, 6.45) is 13.9. The first-order valence-electron chi connectivity index (χ1n) is 8.39. The van der Waals surface area contributed by atoms with E-state index in [1.165, 1.54) is 23.3 Å². The number of nitrogens with zero attached hydrogens (tertiary/aromatic N) is 2. The molecule has 2 nitrogen and oxygen atoms in total. The predicted octanol–water partition coefficient (Wildman–Crippen LogP) is 7.16. The van der Waals surface area contributed by atoms with Crippen LogP contribution in [0.4, 0.5) is 0 Å². The van der Waals surface area contributed by atoms with E-state index in [0.717, 1.165) is 0 Å². The number of hydrogen-bond donors (Lipinski definition) is 0. The molecule has 0 bridgehead atoms. The van der Waals surface area contributed by atoms with Gasteiger partial charge in [-0.15, -0.1) is 0 Å². The summed E-state index contributed by atoms with van der Waals surface area (Å²) in [7, 11) is 0. The lowest BCUT2D eigenvalue weighted by molar-refractivity contribution is 1.54. The Hall–Kier alpha value is -4.14. The van der Waals surface area contributed by atoms with E-state index in [4.69, 9.17) is 10.5 Å². The highest BCUT2D eigenvalue weighted by atomic mass is 14.2. The third-order valence-electron chi connectivity index (χ3n) is 2.64. The second-order valence-corrected chi connectivity index (χ2v) is 4.68. The summed E-state index contributed by atoms with van der Waals surface area (Å²) in [5, 5.41) is 15.0. The lowest BCUT2D eigenvalue weighted by atomic mass is 10.2. The van der Waals surface area contributed by atoms with Gasteiger partial charge in [0.25, 0.3) is 0 Å². The van der Waals surface area contributed by atoms with Gasteiger partial charge in [0.15, 0.2) is 0 Å². The highest BCUT2D eigenvalue weighted by Crippen LogP contribution is 2.03. The van der Waals surface area contributed by atoms with Gasteiger partial charge in [-0.05, 0) is 11.1 Å². The molecule has 0 atom stereocenters. The van der Waals surface area contributed by atoms with E-state index in [9.17, 15) is 0 Å². The molecule has 0 unspecified atom stereocenters. The Morgan fingerprint density at radius 2 is 0.857 bits per heavy atom. The molecule has 0 aliphatic heterocycles. The number of nitriles is 2. The van der Waals surface area contributed by atoms with Gasteiger partial charge < -0.3 is 0 Å². The molecule has 140 valence electrons. The lowest BCUT2D eigenvalue weighted by Crippen LogP contribution is -1.68. The zero-order valence-electron chi connectivity index (χ0n) is 16.1. The van der Waals surface area contributed by atoms with E-state index in [1.54, 1.807) is 24.3 Å². The molecule has 0 saturated heterocycles. The molecule has 0 spiro atoms. The second-order valence-electron chi connectivity index (χ2n) is 4.68. The fourth-order valence-electron chi connectivity index (χ4n) is 1.46. The van der Waals surface area contributed by atoms with Gasteiger partial charge in [-0.3, -0.25) is 0 Å². The monoisotopic (exact) mass is 366 g/mol. The van der Waals surface area contributed by atoms with Crippen LogP contribution in [0.2, 0.25) is 0 Å². The van der Waals surface area contributed by atoms with Gasteiger partial charge in [0.1, 0.15) is 0 Å². The van der Waals surface area contributed by atoms with E-state index >= 15 is 0 Å². The molecule has 0 saturated carbocycles. The fraction of sp³-hybridized carbons (Fsp3) is 0. The van der Waals surface area contributed by atoms with E-state index in [1.807, 2.05) is 36.4 Å². The van der Waals surface area contributed by atoms with E-state index in [0.29, 0.717) is 0 Å². The molecule has 0 fully saturated rings. The number of benzene rings is 2. The first kappa shape index (κ1) is 26.1. The summed E-state index contributed by atoms with van der Waals surface area (Å²) in [5.74, 6) is 0. The molecule has 28 heavy (non-hydrogen) atoms. The summed E-state index contributed by atoms with van der Waals surface area (Å²) in [6.45, 7) is 13.0. The third kappa shape index (κ3) is 19.9. The molecule has 0 aromatic heterocycles. The molecule has 0 aliphatic carbocycles. The highest BCUT2D eigenvalue weighted by Gasteiger charge is 1.81. The summed E-state index contributed by atoms with van der Waals surface area (Å²) in [5.41, 5.74) is 2.44. The van der Waals surface area contributed by atoms with Gasteiger partial charge in [0.05, 0.1) is 12.1 Å². The van der Waals surface area contributed by atoms with Crippen LogP contribution in [0.3, 0.4) is 0 Å². The fourth-order valence-corrected chi connectivity index (χ4v) is 1.46. The maximum absolute atomic E-state index is 7.51. The molecule has 0 heterocycles. The van der Waals surface area contributed by atoms with E-state index in [-0.39, 0.29) is 0 Å². The predicted molar refractivity (Wildman–Crippen MR) is 123 cm³/mol. The van der Waals surface area contributed by atoms with Crippen molar-refractivity contribution in [3.05, 3.63) is 135 Å². The van der Waals surface area contributed by atoms with Crippen molar-refractivity contribution in [2.45, 2.75) is 0 Å². The minimum Gasteiger partial charge on any atom is -0.193 e. The van der Waals surface area contributed by atoms with E-state index < -0.39 is 0 Å². The Morgan fingerprint density at radius 3 is 1.07 bits per heavy atom. The van der Waals surface area contributed by atoms with Crippen LogP contribution in [0, 0.1) is 22.7 Å². The van der Waals surface area contributed by atoms with Gasteiger partial charge >= 0.3 is 0 Å². The molecular formula is C26H26N2. The lowest BCUT2D eigenvalue weighted by Gasteiger charge is -1.90. The van der Waals surface area contributed by atoms with Crippen LogP contribution in [0.15, 0.2) is 123 Å². The zero-order chi connectivity index (χ0) is 21.3. The normalized spacial score (nSPS) is 8.21. The highest BCUT2D eigenvalue weighted by molar-refractivity contribution is 5.56. The topological polar surface area (TPSA) is 47.6 Å². The first-order valence-corrected chi connectivity index (χ1v) is 8.39. The van der Waals surface area contributed by atoms with Crippen LogP contribution >= 0.6 is 0 Å². The van der Waals surface area contributed by atoms with Crippen LogP contribution < -0.4 is 0 Å². The van der Waals surface area contributed by atoms with Crippen LogP contribution in [0.1, 0.15) is 11.1 Å². The van der Waals surface area contributed by atoms with Gasteiger partial charge in [0.2, 0.25) is 0 Å². The Labute approximate surface area is 169 Å². The largest absolute Gasteiger partial charge is 0.193 e. The van der Waals surface area contributed by atoms with Gasteiger partial charge in [-0.25, -0.2) is 0 Å². The average Bonchev–Trinajstić information content (AvgIpc) is 2.78. The molecule has 0 amide bonds. The first-order chi connectivity index (χ1) is 13.7. The van der Waals surface area contributed by atoms with Crippen molar-refractivity contribution in [3.63, 3.8) is 0 Å². The second kappa shape index (κ2) is 22.9. The maximum atomic E-state index is 7.51. The van der Waals surface area contributed by atoms with Crippen LogP contribution in [0.5, 0.6) is 0 Å². The van der Waals surface area contributed by atoms with Crippen molar-refractivity contribution in [2.24, 2.45) is 0 Å². The van der Waals surface area contributed by atoms with Crippen molar-refractivity contribution in [3.8, 4) is 12.1 Å². The summed E-state index contributed by atoms with van der Waals surface area (Å²) >= 11 is 0. The van der Waals surface area contributed by atoms with Gasteiger partial charge in [-0.1, -0.05) is 123 Å². The Bertz CT molecular complexity index is 728. The van der Waals surface area contributed by atoms with Crippen molar-refractivity contribution >= 4 is 12.2 Å². The SMILES string of the molecule is C(C=Cc1ccccc1)=Cc1ccccc1.C=CC#N.C=CC#N.C=CC=C. The zero-order valence-corrected chi connectivity index (χ0v) is 16.1. The molecule has 2 aromatic carbocycles. The number of allylic oxidation sites excluding steroid dienone is 6. The number of hydrogen-bond acceptors (Lipinski definition) is 2. The smallest absolute Gasteiger partial charge is 0.0905 e. The summed E-state index contributed by atoms with van der Waals surface area (Å²) < 4.78 is 0. The molecule has 0 aliphatic rings. The van der Waals surface area contributed by atoms with Crippen LogP contribution in [-0.4, -0.2) is 0 Å². The van der Waals surface area contributed by atoms with E-state index in [2.05, 4.69) is 74.9 Å². The van der Waals surface area contributed by atoms with Crippen molar-refractivity contribution in [1.29, 1.82) is 10.5 Å². The van der Waals surface area contributed by atoms with Crippen molar-refractivity contribution < 1.29 is 0 Å². The maximum Gasteiger partial charge on any atom is 0.0905 e. The quantitative estimate of drug-likeness (QED) is 0.425. The molecule has 2 aromatic rings. The molecule has 2 rings (SSSR count). The molecule has 0 radical (unpaired) electrons. The van der Waals surface area contributed by atoms with Crippen LogP contribution in [0.25, 0.3) is 12.2 Å². The average molecular weight is 367 g/mol. The minimum absolute atomic E-state index is 1.18. The standard InChI is InChI=1S/C16H14.C4H6.2C3H3N/c1-3-9-15(10-4-1)13-7-8-14-16-11-5-2-6-12-16;1-3-4-2;2*1-2-3-4/h1-14H;3-4H,1-2H2;2*2H,1H2. The summed E-state index contributed by atoms with van der Waals surface area (Å²) in [6, 6.07) is 24.0. The Kier molecular flexibility index (Phi) is 21.3. The molecule has 2 heteroatoms. The van der Waals surface area contributed by atoms with Crippen molar-refractivity contribution in [1.82, 2.24) is 0 Å². The third-order valence-corrected chi connectivity index (χ3v) is 2.64. The Balaban J connectivity index is 0. The molecule has 0 N–H and O–H groups in total. The Morgan fingerprint density at radius 1 is 0.571 bits per heavy atom. The number of rotatable bonds is 4.